The van der Waals surface area contributed by atoms with Crippen LogP contribution >= 0.6 is 0 Å². The van der Waals surface area contributed by atoms with Crippen LogP contribution in [-0.4, -0.2) is 10.9 Å². The minimum atomic E-state index is -0.0912. The lowest BCUT2D eigenvalue weighted by Gasteiger charge is -2.08. The fourth-order valence-corrected chi connectivity index (χ4v) is 1.82. The summed E-state index contributed by atoms with van der Waals surface area (Å²) in [5.74, 6) is -0.0912. The standard InChI is InChI=1S/C15H17N3O/c1-11-9-17-6-5-14(11)10-18-15(19)13-4-2-3-12(7-13)8-16/h2-7,9H,8,10,16H2,1H3,(H,18,19). The summed E-state index contributed by atoms with van der Waals surface area (Å²) in [4.78, 5) is 16.1. The molecule has 0 aliphatic heterocycles. The second-order valence-electron chi connectivity index (χ2n) is 4.39. The molecule has 19 heavy (non-hydrogen) atoms. The number of hydrogen-bond donors (Lipinski definition) is 2. The maximum Gasteiger partial charge on any atom is 0.251 e. The minimum absolute atomic E-state index is 0.0912. The maximum absolute atomic E-state index is 12.0. The monoisotopic (exact) mass is 255 g/mol. The normalized spacial score (nSPS) is 10.2. The topological polar surface area (TPSA) is 68.0 Å². The van der Waals surface area contributed by atoms with Gasteiger partial charge in [0, 0.05) is 31.0 Å². The summed E-state index contributed by atoms with van der Waals surface area (Å²) in [6, 6.07) is 9.26. The molecule has 98 valence electrons. The molecule has 0 spiro atoms. The molecule has 2 aromatic rings. The Balaban J connectivity index is 2.03. The second kappa shape index (κ2) is 6.11. The molecule has 1 amide bonds. The van der Waals surface area contributed by atoms with Crippen molar-refractivity contribution in [2.75, 3.05) is 0 Å². The van der Waals surface area contributed by atoms with Crippen LogP contribution in [0.15, 0.2) is 42.7 Å². The fourth-order valence-electron chi connectivity index (χ4n) is 1.82. The number of carbonyl (C=O) groups excluding carboxylic acids is 1. The van der Waals surface area contributed by atoms with Crippen molar-refractivity contribution in [2.24, 2.45) is 5.73 Å². The third-order valence-electron chi connectivity index (χ3n) is 3.00. The fraction of sp³-hybridized carbons (Fsp3) is 0.200. The highest BCUT2D eigenvalue weighted by atomic mass is 16.1. The first-order valence-corrected chi connectivity index (χ1v) is 6.17. The molecule has 0 radical (unpaired) electrons. The quantitative estimate of drug-likeness (QED) is 0.875. The Hall–Kier alpha value is -2.20. The van der Waals surface area contributed by atoms with E-state index in [0.717, 1.165) is 16.7 Å². The van der Waals surface area contributed by atoms with Gasteiger partial charge in [0.25, 0.3) is 5.91 Å². The van der Waals surface area contributed by atoms with E-state index in [-0.39, 0.29) is 5.91 Å². The number of benzene rings is 1. The lowest BCUT2D eigenvalue weighted by atomic mass is 10.1. The number of aryl methyl sites for hydroxylation is 1. The summed E-state index contributed by atoms with van der Waals surface area (Å²) in [6.07, 6.45) is 3.51. The van der Waals surface area contributed by atoms with Gasteiger partial charge in [0.15, 0.2) is 0 Å². The number of hydrogen-bond acceptors (Lipinski definition) is 3. The molecule has 1 aromatic heterocycles. The summed E-state index contributed by atoms with van der Waals surface area (Å²) in [7, 11) is 0. The number of rotatable bonds is 4. The predicted octanol–water partition coefficient (Wildman–Crippen LogP) is 1.78. The molecule has 3 N–H and O–H groups in total. The predicted molar refractivity (Wildman–Crippen MR) is 74.5 cm³/mol. The van der Waals surface area contributed by atoms with Crippen LogP contribution in [0.1, 0.15) is 27.0 Å². The molecule has 1 aromatic carbocycles. The Kier molecular flexibility index (Phi) is 4.26. The van der Waals surface area contributed by atoms with Gasteiger partial charge in [0.1, 0.15) is 0 Å². The Bertz CT molecular complexity index is 581. The van der Waals surface area contributed by atoms with E-state index in [9.17, 15) is 4.79 Å². The van der Waals surface area contributed by atoms with Crippen molar-refractivity contribution in [3.05, 3.63) is 65.0 Å². The highest BCUT2D eigenvalue weighted by Crippen LogP contribution is 2.07. The van der Waals surface area contributed by atoms with Crippen molar-refractivity contribution in [3.8, 4) is 0 Å². The Morgan fingerprint density at radius 2 is 2.21 bits per heavy atom. The number of amides is 1. The Labute approximate surface area is 112 Å². The number of nitrogens with one attached hydrogen (secondary N) is 1. The van der Waals surface area contributed by atoms with Crippen LogP contribution in [0, 0.1) is 6.92 Å². The zero-order valence-electron chi connectivity index (χ0n) is 10.9. The van der Waals surface area contributed by atoms with Gasteiger partial charge in [-0.2, -0.15) is 0 Å². The molecule has 4 nitrogen and oxygen atoms in total. The number of nitrogens with two attached hydrogens (primary N) is 1. The van der Waals surface area contributed by atoms with Gasteiger partial charge in [-0.25, -0.2) is 0 Å². The highest BCUT2D eigenvalue weighted by molar-refractivity contribution is 5.94. The van der Waals surface area contributed by atoms with Gasteiger partial charge in [0.05, 0.1) is 0 Å². The molecule has 0 fully saturated rings. The van der Waals surface area contributed by atoms with Gasteiger partial charge in [-0.3, -0.25) is 9.78 Å². The van der Waals surface area contributed by atoms with Crippen LogP contribution in [-0.2, 0) is 13.1 Å². The van der Waals surface area contributed by atoms with Crippen molar-refractivity contribution in [3.63, 3.8) is 0 Å². The summed E-state index contributed by atoms with van der Waals surface area (Å²) in [5, 5.41) is 2.90. The van der Waals surface area contributed by atoms with E-state index in [1.54, 1.807) is 18.5 Å². The SMILES string of the molecule is Cc1cnccc1CNC(=O)c1cccc(CN)c1. The smallest absolute Gasteiger partial charge is 0.251 e. The van der Waals surface area contributed by atoms with Gasteiger partial charge in [-0.15, -0.1) is 0 Å². The van der Waals surface area contributed by atoms with Crippen LogP contribution in [0.5, 0.6) is 0 Å². The molecular weight excluding hydrogens is 238 g/mol. The zero-order chi connectivity index (χ0) is 13.7. The highest BCUT2D eigenvalue weighted by Gasteiger charge is 2.06. The van der Waals surface area contributed by atoms with Gasteiger partial charge >= 0.3 is 0 Å². The Morgan fingerprint density at radius 3 is 2.95 bits per heavy atom. The van der Waals surface area contributed by atoms with Crippen LogP contribution < -0.4 is 11.1 Å². The average molecular weight is 255 g/mol. The lowest BCUT2D eigenvalue weighted by Crippen LogP contribution is -2.23. The molecule has 0 saturated heterocycles. The molecule has 0 saturated carbocycles. The molecule has 0 aliphatic carbocycles. The molecule has 0 atom stereocenters. The molecular formula is C15H17N3O. The number of carbonyl (C=O) groups is 1. The molecule has 4 heteroatoms. The van der Waals surface area contributed by atoms with Crippen molar-refractivity contribution >= 4 is 5.91 Å². The number of aromatic nitrogens is 1. The van der Waals surface area contributed by atoms with E-state index in [0.29, 0.717) is 18.7 Å². The average Bonchev–Trinajstić information content (AvgIpc) is 2.46. The van der Waals surface area contributed by atoms with Gasteiger partial charge < -0.3 is 11.1 Å². The van der Waals surface area contributed by atoms with E-state index in [1.807, 2.05) is 31.2 Å². The minimum Gasteiger partial charge on any atom is -0.348 e. The lowest BCUT2D eigenvalue weighted by molar-refractivity contribution is 0.0951. The summed E-state index contributed by atoms with van der Waals surface area (Å²) in [6.45, 7) is 2.91. The van der Waals surface area contributed by atoms with Crippen molar-refractivity contribution in [2.45, 2.75) is 20.0 Å². The van der Waals surface area contributed by atoms with Gasteiger partial charge in [-0.05, 0) is 41.8 Å². The van der Waals surface area contributed by atoms with E-state index in [4.69, 9.17) is 5.73 Å². The van der Waals surface area contributed by atoms with Crippen LogP contribution in [0.25, 0.3) is 0 Å². The van der Waals surface area contributed by atoms with E-state index in [2.05, 4.69) is 10.3 Å². The maximum atomic E-state index is 12.0. The summed E-state index contributed by atoms with van der Waals surface area (Å²) in [5.41, 5.74) is 9.29. The van der Waals surface area contributed by atoms with Crippen LogP contribution in [0.4, 0.5) is 0 Å². The van der Waals surface area contributed by atoms with Crippen LogP contribution in [0.2, 0.25) is 0 Å². The first-order valence-electron chi connectivity index (χ1n) is 6.17. The van der Waals surface area contributed by atoms with E-state index in [1.165, 1.54) is 0 Å². The molecule has 0 aliphatic rings. The first-order chi connectivity index (χ1) is 9.20. The van der Waals surface area contributed by atoms with Crippen molar-refractivity contribution in [1.29, 1.82) is 0 Å². The van der Waals surface area contributed by atoms with E-state index >= 15 is 0 Å². The summed E-state index contributed by atoms with van der Waals surface area (Å²) < 4.78 is 0. The Morgan fingerprint density at radius 1 is 1.37 bits per heavy atom. The number of nitrogens with zero attached hydrogens (tertiary/aromatic N) is 1. The van der Waals surface area contributed by atoms with Crippen molar-refractivity contribution in [1.82, 2.24) is 10.3 Å². The summed E-state index contributed by atoms with van der Waals surface area (Å²) >= 11 is 0. The second-order valence-corrected chi connectivity index (χ2v) is 4.39. The van der Waals surface area contributed by atoms with Crippen LogP contribution in [0.3, 0.4) is 0 Å². The van der Waals surface area contributed by atoms with E-state index < -0.39 is 0 Å². The van der Waals surface area contributed by atoms with Gasteiger partial charge in [0.2, 0.25) is 0 Å². The largest absolute Gasteiger partial charge is 0.348 e. The molecule has 2 rings (SSSR count). The third kappa shape index (κ3) is 3.39. The first kappa shape index (κ1) is 13.2. The van der Waals surface area contributed by atoms with Crippen molar-refractivity contribution < 1.29 is 4.79 Å². The zero-order valence-corrected chi connectivity index (χ0v) is 10.9. The molecule has 0 bridgehead atoms. The number of pyridine rings is 1. The molecule has 0 unspecified atom stereocenters. The molecule has 1 heterocycles. The third-order valence-corrected chi connectivity index (χ3v) is 3.00. The van der Waals surface area contributed by atoms with Gasteiger partial charge in [-0.1, -0.05) is 12.1 Å².